The summed E-state index contributed by atoms with van der Waals surface area (Å²) in [5.41, 5.74) is -0.0775. The number of nitrogens with one attached hydrogen (secondary N) is 2. The first-order valence-corrected chi connectivity index (χ1v) is 12.9. The molecule has 0 saturated carbocycles. The maximum absolute atomic E-state index is 14.1. The fourth-order valence-corrected chi connectivity index (χ4v) is 5.45. The Bertz CT molecular complexity index is 1160. The highest BCUT2D eigenvalue weighted by atomic mass is 32.2. The van der Waals surface area contributed by atoms with E-state index >= 15 is 0 Å². The van der Waals surface area contributed by atoms with Crippen LogP contribution in [-0.4, -0.2) is 61.4 Å². The molecule has 0 radical (unpaired) electrons. The van der Waals surface area contributed by atoms with Crippen molar-refractivity contribution in [3.05, 3.63) is 65.2 Å². The highest BCUT2D eigenvalue weighted by molar-refractivity contribution is 7.88. The van der Waals surface area contributed by atoms with E-state index in [-0.39, 0.29) is 32.7 Å². The third kappa shape index (κ3) is 7.02. The second kappa shape index (κ2) is 12.3. The highest BCUT2D eigenvalue weighted by Gasteiger charge is 2.39. The minimum Gasteiger partial charge on any atom is -0.378 e. The van der Waals surface area contributed by atoms with Crippen molar-refractivity contribution in [3.8, 4) is 0 Å². The highest BCUT2D eigenvalue weighted by Crippen LogP contribution is 2.22. The molecule has 0 aliphatic carbocycles. The zero-order valence-corrected chi connectivity index (χ0v) is 20.4. The van der Waals surface area contributed by atoms with Gasteiger partial charge in [-0.05, 0) is 18.1 Å². The first-order valence-electron chi connectivity index (χ1n) is 11.3. The van der Waals surface area contributed by atoms with Crippen molar-refractivity contribution >= 4 is 21.8 Å². The summed E-state index contributed by atoms with van der Waals surface area (Å²) in [5, 5.41) is 5.28. The number of pyridine rings is 1. The summed E-state index contributed by atoms with van der Waals surface area (Å²) < 4.78 is 73.6. The standard InChI is InChI=1S/C23H27F3N4O5S/c1-2-4-20(22(31)28-12-15-5-3-6-27-11-15)29-23(32)21-13-35-8-7-30(21)36(33,34)14-17-18(25)9-16(24)10-19(17)26/h3,5-6,9-11,20-21H,2,4,7-8,12-14H2,1H3,(H,28,31)(H,29,32). The van der Waals surface area contributed by atoms with Crippen LogP contribution < -0.4 is 10.6 Å². The average molecular weight is 529 g/mol. The van der Waals surface area contributed by atoms with Crippen molar-refractivity contribution in [2.24, 2.45) is 0 Å². The van der Waals surface area contributed by atoms with Gasteiger partial charge in [0.1, 0.15) is 29.5 Å². The van der Waals surface area contributed by atoms with E-state index in [0.717, 1.165) is 9.87 Å². The second-order valence-corrected chi connectivity index (χ2v) is 10.2. The molecule has 2 heterocycles. The van der Waals surface area contributed by atoms with E-state index in [1.807, 2.05) is 6.92 Å². The van der Waals surface area contributed by atoms with Crippen molar-refractivity contribution in [2.45, 2.75) is 44.1 Å². The van der Waals surface area contributed by atoms with Crippen LogP contribution in [-0.2, 0) is 36.6 Å². The molecule has 1 fully saturated rings. The molecule has 2 N–H and O–H groups in total. The number of carbonyl (C=O) groups excluding carboxylic acids is 2. The van der Waals surface area contributed by atoms with Gasteiger partial charge >= 0.3 is 0 Å². The predicted molar refractivity (Wildman–Crippen MR) is 123 cm³/mol. The van der Waals surface area contributed by atoms with E-state index < -0.39 is 62.7 Å². The molecule has 2 atom stereocenters. The number of rotatable bonds is 10. The summed E-state index contributed by atoms with van der Waals surface area (Å²) in [5.74, 6) is -6.24. The maximum Gasteiger partial charge on any atom is 0.242 e. The van der Waals surface area contributed by atoms with Crippen LogP contribution in [0.25, 0.3) is 0 Å². The molecule has 1 saturated heterocycles. The predicted octanol–water partition coefficient (Wildman–Crippen LogP) is 1.63. The van der Waals surface area contributed by atoms with Gasteiger partial charge in [-0.1, -0.05) is 19.4 Å². The average Bonchev–Trinajstić information content (AvgIpc) is 2.85. The van der Waals surface area contributed by atoms with Gasteiger partial charge in [-0.15, -0.1) is 0 Å². The SMILES string of the molecule is CCCC(NC(=O)C1COCCN1S(=O)(=O)Cc1c(F)cc(F)cc1F)C(=O)NCc1cccnc1. The van der Waals surface area contributed by atoms with Crippen LogP contribution in [0.2, 0.25) is 0 Å². The molecule has 36 heavy (non-hydrogen) atoms. The normalized spacial score (nSPS) is 17.4. The Morgan fingerprint density at radius 1 is 1.25 bits per heavy atom. The van der Waals surface area contributed by atoms with E-state index in [2.05, 4.69) is 15.6 Å². The molecule has 13 heteroatoms. The summed E-state index contributed by atoms with van der Waals surface area (Å²) in [6.07, 6.45) is 4.02. The van der Waals surface area contributed by atoms with Crippen molar-refractivity contribution in [3.63, 3.8) is 0 Å². The Balaban J connectivity index is 1.72. The molecule has 1 aromatic carbocycles. The molecule has 1 aliphatic heterocycles. The largest absolute Gasteiger partial charge is 0.378 e. The Kier molecular flexibility index (Phi) is 9.40. The van der Waals surface area contributed by atoms with Crippen LogP contribution in [0, 0.1) is 17.5 Å². The third-order valence-corrected chi connectivity index (χ3v) is 7.38. The number of ether oxygens (including phenoxy) is 1. The van der Waals surface area contributed by atoms with Crippen molar-refractivity contribution in [1.82, 2.24) is 19.9 Å². The molecule has 9 nitrogen and oxygen atoms in total. The molecule has 0 bridgehead atoms. The number of hydrogen-bond donors (Lipinski definition) is 2. The zero-order valence-electron chi connectivity index (χ0n) is 19.5. The monoisotopic (exact) mass is 528 g/mol. The minimum atomic E-state index is -4.42. The Morgan fingerprint density at radius 2 is 1.97 bits per heavy atom. The van der Waals surface area contributed by atoms with Crippen LogP contribution in [0.1, 0.15) is 30.9 Å². The van der Waals surface area contributed by atoms with Gasteiger partial charge in [-0.2, -0.15) is 4.31 Å². The van der Waals surface area contributed by atoms with Gasteiger partial charge in [0.05, 0.1) is 19.0 Å². The lowest BCUT2D eigenvalue weighted by molar-refractivity contribution is -0.134. The van der Waals surface area contributed by atoms with Gasteiger partial charge in [-0.25, -0.2) is 21.6 Å². The maximum atomic E-state index is 14.1. The Labute approximate surface area is 207 Å². The summed E-state index contributed by atoms with van der Waals surface area (Å²) in [6, 6.07) is 1.95. The Hall–Kier alpha value is -3.03. The second-order valence-electron chi connectivity index (χ2n) is 8.23. The van der Waals surface area contributed by atoms with Gasteiger partial charge < -0.3 is 15.4 Å². The van der Waals surface area contributed by atoms with Crippen LogP contribution in [0.5, 0.6) is 0 Å². The van der Waals surface area contributed by atoms with Gasteiger partial charge in [0.2, 0.25) is 21.8 Å². The topological polar surface area (TPSA) is 118 Å². The summed E-state index contributed by atoms with van der Waals surface area (Å²) in [6.45, 7) is 1.41. The van der Waals surface area contributed by atoms with Crippen LogP contribution in [0.4, 0.5) is 13.2 Å². The van der Waals surface area contributed by atoms with Crippen molar-refractivity contribution in [1.29, 1.82) is 0 Å². The van der Waals surface area contributed by atoms with Gasteiger partial charge in [0, 0.05) is 43.2 Å². The van der Waals surface area contributed by atoms with E-state index in [9.17, 15) is 31.2 Å². The number of sulfonamides is 1. The summed E-state index contributed by atoms with van der Waals surface area (Å²) >= 11 is 0. The first-order chi connectivity index (χ1) is 17.1. The first kappa shape index (κ1) is 27.6. The molecular formula is C23H27F3N4O5S. The van der Waals surface area contributed by atoms with E-state index in [4.69, 9.17) is 4.74 Å². The number of halogens is 3. The fraction of sp³-hybridized carbons (Fsp3) is 0.435. The summed E-state index contributed by atoms with van der Waals surface area (Å²) in [7, 11) is -4.42. The van der Waals surface area contributed by atoms with Gasteiger partial charge in [-0.3, -0.25) is 14.6 Å². The van der Waals surface area contributed by atoms with E-state index in [1.165, 1.54) is 0 Å². The number of nitrogens with zero attached hydrogens (tertiary/aromatic N) is 2. The number of aromatic nitrogens is 1. The quantitative estimate of drug-likeness (QED) is 0.484. The molecule has 2 aromatic rings. The van der Waals surface area contributed by atoms with Crippen LogP contribution in [0.3, 0.4) is 0 Å². The summed E-state index contributed by atoms with van der Waals surface area (Å²) in [4.78, 5) is 29.8. The molecular weight excluding hydrogens is 501 g/mol. The molecule has 1 aliphatic rings. The lowest BCUT2D eigenvalue weighted by Crippen LogP contribution is -2.59. The molecule has 1 aromatic heterocycles. The number of hydrogen-bond acceptors (Lipinski definition) is 6. The van der Waals surface area contributed by atoms with Crippen LogP contribution >= 0.6 is 0 Å². The number of amides is 2. The fourth-order valence-electron chi connectivity index (χ4n) is 3.74. The smallest absolute Gasteiger partial charge is 0.242 e. The zero-order chi connectivity index (χ0) is 26.3. The van der Waals surface area contributed by atoms with Gasteiger partial charge in [0.25, 0.3) is 0 Å². The third-order valence-electron chi connectivity index (χ3n) is 5.57. The molecule has 3 rings (SSSR count). The lowest BCUT2D eigenvalue weighted by Gasteiger charge is -2.34. The lowest BCUT2D eigenvalue weighted by atomic mass is 10.1. The molecule has 2 amide bonds. The number of morpholine rings is 1. The molecule has 0 spiro atoms. The molecule has 2 unspecified atom stereocenters. The Morgan fingerprint density at radius 3 is 2.61 bits per heavy atom. The van der Waals surface area contributed by atoms with E-state index in [0.29, 0.717) is 18.6 Å². The molecule has 196 valence electrons. The van der Waals surface area contributed by atoms with Crippen molar-refractivity contribution < 1.29 is 35.9 Å². The number of carbonyl (C=O) groups is 2. The van der Waals surface area contributed by atoms with E-state index in [1.54, 1.807) is 24.5 Å². The number of benzene rings is 1. The van der Waals surface area contributed by atoms with Crippen molar-refractivity contribution in [2.75, 3.05) is 19.8 Å². The van der Waals surface area contributed by atoms with Gasteiger partial charge in [0.15, 0.2) is 0 Å². The minimum absolute atomic E-state index is 0.0403. The van der Waals surface area contributed by atoms with Crippen LogP contribution in [0.15, 0.2) is 36.7 Å².